The molecule has 2 amide bonds. The van der Waals surface area contributed by atoms with Crippen LogP contribution in [-0.2, 0) is 4.79 Å². The molecule has 6 heteroatoms. The highest BCUT2D eigenvalue weighted by molar-refractivity contribution is 5.97. The van der Waals surface area contributed by atoms with Gasteiger partial charge in [0.1, 0.15) is 12.4 Å². The van der Waals surface area contributed by atoms with E-state index in [2.05, 4.69) is 0 Å². The zero-order valence-electron chi connectivity index (χ0n) is 17.4. The zero-order chi connectivity index (χ0) is 22.2. The summed E-state index contributed by atoms with van der Waals surface area (Å²) >= 11 is 0. The van der Waals surface area contributed by atoms with Gasteiger partial charge in [-0.2, -0.15) is 0 Å². The number of halogens is 1. The molecule has 0 unspecified atom stereocenters. The van der Waals surface area contributed by atoms with Crippen LogP contribution in [0.4, 0.5) is 4.39 Å². The van der Waals surface area contributed by atoms with Crippen LogP contribution in [-0.4, -0.2) is 58.5 Å². The Morgan fingerprint density at radius 1 is 0.938 bits per heavy atom. The molecular weight excluding hydrogens is 407 g/mol. The maximum atomic E-state index is 14.1. The largest absolute Gasteiger partial charge is 0.394 e. The average molecular weight is 430 g/mol. The Morgan fingerprint density at radius 2 is 1.59 bits per heavy atom. The number of fused-ring (bicyclic) bond motifs is 1. The van der Waals surface area contributed by atoms with Crippen LogP contribution < -0.4 is 0 Å². The highest BCUT2D eigenvalue weighted by atomic mass is 19.1. The third-order valence-electron chi connectivity index (χ3n) is 6.55. The van der Waals surface area contributed by atoms with Gasteiger partial charge in [0.05, 0.1) is 24.3 Å². The molecule has 0 bridgehead atoms. The summed E-state index contributed by atoms with van der Waals surface area (Å²) in [6.07, 6.45) is 0. The predicted octanol–water partition coefficient (Wildman–Crippen LogP) is 3.30. The molecule has 5 rings (SSSR count). The van der Waals surface area contributed by atoms with Crippen molar-refractivity contribution in [2.75, 3.05) is 19.7 Å². The van der Waals surface area contributed by atoms with E-state index in [1.807, 2.05) is 54.6 Å². The van der Waals surface area contributed by atoms with Crippen molar-refractivity contribution in [2.24, 2.45) is 0 Å². The third-order valence-corrected chi connectivity index (χ3v) is 6.55. The van der Waals surface area contributed by atoms with Crippen molar-refractivity contribution in [3.05, 3.63) is 95.8 Å². The lowest BCUT2D eigenvalue weighted by atomic mass is 9.73. The minimum absolute atomic E-state index is 0.0319. The number of rotatable bonds is 4. The number of piperazine rings is 1. The smallest absolute Gasteiger partial charge is 0.257 e. The second-order valence-electron chi connectivity index (χ2n) is 8.30. The van der Waals surface area contributed by atoms with Crippen LogP contribution in [0.5, 0.6) is 0 Å². The summed E-state index contributed by atoms with van der Waals surface area (Å²) in [6.45, 7) is 0.0505. The number of carbonyl (C=O) groups excluding carboxylic acids is 2. The molecule has 0 radical (unpaired) electrons. The summed E-state index contributed by atoms with van der Waals surface area (Å²) in [4.78, 5) is 28.8. The van der Waals surface area contributed by atoms with E-state index in [1.54, 1.807) is 11.0 Å². The zero-order valence-corrected chi connectivity index (χ0v) is 17.4. The van der Waals surface area contributed by atoms with Crippen LogP contribution in [0.2, 0.25) is 0 Å². The van der Waals surface area contributed by atoms with Gasteiger partial charge in [-0.05, 0) is 28.8 Å². The van der Waals surface area contributed by atoms with Crippen molar-refractivity contribution >= 4 is 11.8 Å². The molecule has 2 saturated heterocycles. The fourth-order valence-electron chi connectivity index (χ4n) is 4.99. The number of aliphatic hydroxyl groups excluding tert-OH is 1. The molecule has 3 aromatic rings. The first-order chi connectivity index (χ1) is 15.6. The van der Waals surface area contributed by atoms with Crippen LogP contribution in [0.15, 0.2) is 78.9 Å². The van der Waals surface area contributed by atoms with Gasteiger partial charge >= 0.3 is 0 Å². The van der Waals surface area contributed by atoms with Gasteiger partial charge in [-0.1, -0.05) is 66.7 Å². The van der Waals surface area contributed by atoms with Crippen molar-refractivity contribution < 1.29 is 19.1 Å². The lowest BCUT2D eigenvalue weighted by molar-refractivity contribution is -0.159. The first kappa shape index (κ1) is 20.4. The minimum Gasteiger partial charge on any atom is -0.394 e. The van der Waals surface area contributed by atoms with Gasteiger partial charge in [0.25, 0.3) is 5.91 Å². The normalized spacial score (nSPS) is 22.3. The van der Waals surface area contributed by atoms with Crippen LogP contribution in [0.3, 0.4) is 0 Å². The number of hydrogen-bond donors (Lipinski definition) is 1. The highest BCUT2D eigenvalue weighted by Gasteiger charge is 2.54. The van der Waals surface area contributed by atoms with E-state index in [0.717, 1.165) is 16.7 Å². The fraction of sp³-hybridized carbons (Fsp3) is 0.231. The number of amides is 2. The van der Waals surface area contributed by atoms with E-state index in [4.69, 9.17) is 0 Å². The van der Waals surface area contributed by atoms with Gasteiger partial charge in [0.15, 0.2) is 0 Å². The SMILES string of the molecule is O=C(c1ccccc1F)N1CC(=O)N2[C@H](CO)[C@@H](c3ccc(-c4ccccc4)cc3)[C@H]2C1. The quantitative estimate of drug-likeness (QED) is 0.691. The molecule has 32 heavy (non-hydrogen) atoms. The van der Waals surface area contributed by atoms with Crippen LogP contribution in [0.1, 0.15) is 21.8 Å². The number of aliphatic hydroxyl groups is 1. The Morgan fingerprint density at radius 3 is 2.28 bits per heavy atom. The average Bonchev–Trinajstić information content (AvgIpc) is 2.81. The van der Waals surface area contributed by atoms with Crippen LogP contribution >= 0.6 is 0 Å². The molecule has 5 nitrogen and oxygen atoms in total. The molecule has 2 heterocycles. The topological polar surface area (TPSA) is 60.9 Å². The molecular formula is C26H23FN2O3. The summed E-state index contributed by atoms with van der Waals surface area (Å²) in [5.41, 5.74) is 3.18. The molecule has 3 atom stereocenters. The maximum Gasteiger partial charge on any atom is 0.257 e. The Bertz CT molecular complexity index is 1150. The summed E-state index contributed by atoms with van der Waals surface area (Å²) < 4.78 is 14.1. The van der Waals surface area contributed by atoms with E-state index in [1.165, 1.54) is 23.1 Å². The number of carbonyl (C=O) groups is 2. The lowest BCUT2D eigenvalue weighted by Gasteiger charge is -2.58. The summed E-state index contributed by atoms with van der Waals surface area (Å²) in [6, 6.07) is 23.4. The molecule has 2 fully saturated rings. The number of benzene rings is 3. The van der Waals surface area contributed by atoms with Crippen LogP contribution in [0, 0.1) is 5.82 Å². The van der Waals surface area contributed by atoms with E-state index < -0.39 is 11.7 Å². The first-order valence-corrected chi connectivity index (χ1v) is 10.7. The minimum atomic E-state index is -0.595. The van der Waals surface area contributed by atoms with Gasteiger partial charge in [0, 0.05) is 12.5 Å². The predicted molar refractivity (Wildman–Crippen MR) is 118 cm³/mol. The Labute approximate surface area is 185 Å². The van der Waals surface area contributed by atoms with Crippen molar-refractivity contribution in [2.45, 2.75) is 18.0 Å². The van der Waals surface area contributed by atoms with Gasteiger partial charge in [-0.15, -0.1) is 0 Å². The Hall–Kier alpha value is -3.51. The van der Waals surface area contributed by atoms with Gasteiger partial charge in [0.2, 0.25) is 5.91 Å². The molecule has 1 N–H and O–H groups in total. The lowest BCUT2D eigenvalue weighted by Crippen LogP contribution is -2.73. The van der Waals surface area contributed by atoms with E-state index in [0.29, 0.717) is 6.54 Å². The van der Waals surface area contributed by atoms with Crippen molar-refractivity contribution in [3.63, 3.8) is 0 Å². The Kier molecular flexibility index (Phi) is 5.23. The number of hydrogen-bond acceptors (Lipinski definition) is 3. The van der Waals surface area contributed by atoms with Gasteiger partial charge < -0.3 is 14.9 Å². The number of nitrogens with zero attached hydrogens (tertiary/aromatic N) is 2. The molecule has 162 valence electrons. The van der Waals surface area contributed by atoms with Crippen molar-refractivity contribution in [1.29, 1.82) is 0 Å². The Balaban J connectivity index is 1.40. The molecule has 0 aromatic heterocycles. The third kappa shape index (κ3) is 3.37. The first-order valence-electron chi connectivity index (χ1n) is 10.7. The van der Waals surface area contributed by atoms with Crippen molar-refractivity contribution in [3.8, 4) is 11.1 Å². The van der Waals surface area contributed by atoms with Crippen LogP contribution in [0.25, 0.3) is 11.1 Å². The molecule has 2 aliphatic heterocycles. The second kappa shape index (κ2) is 8.20. The monoisotopic (exact) mass is 430 g/mol. The molecule has 0 spiro atoms. The summed E-state index contributed by atoms with van der Waals surface area (Å²) in [5, 5.41) is 9.97. The van der Waals surface area contributed by atoms with Gasteiger partial charge in [-0.3, -0.25) is 9.59 Å². The molecule has 0 aliphatic carbocycles. The fourth-order valence-corrected chi connectivity index (χ4v) is 4.99. The van der Waals surface area contributed by atoms with E-state index >= 15 is 0 Å². The standard InChI is InChI=1S/C26H23FN2O3/c27-21-9-5-4-8-20(21)26(32)28-14-22-25(23(16-30)29(22)24(31)15-28)19-12-10-18(11-13-19)17-6-2-1-3-7-17/h1-13,22-23,25,30H,14-16H2/t22-,23-,25+/m1/s1. The maximum absolute atomic E-state index is 14.1. The molecule has 3 aromatic carbocycles. The molecule has 0 saturated carbocycles. The van der Waals surface area contributed by atoms with E-state index in [9.17, 15) is 19.1 Å². The summed E-state index contributed by atoms with van der Waals surface area (Å²) in [7, 11) is 0. The molecule has 2 aliphatic rings. The summed E-state index contributed by atoms with van der Waals surface area (Å²) in [5.74, 6) is -1.39. The van der Waals surface area contributed by atoms with Crippen molar-refractivity contribution in [1.82, 2.24) is 9.80 Å². The van der Waals surface area contributed by atoms with Gasteiger partial charge in [-0.25, -0.2) is 4.39 Å². The van der Waals surface area contributed by atoms with E-state index in [-0.39, 0.29) is 42.6 Å². The second-order valence-corrected chi connectivity index (χ2v) is 8.30. The highest BCUT2D eigenvalue weighted by Crippen LogP contribution is 2.43.